The van der Waals surface area contributed by atoms with E-state index in [0.29, 0.717) is 16.6 Å². The molecule has 2 atom stereocenters. The maximum atomic E-state index is 11.5. The first-order chi connectivity index (χ1) is 8.84. The Balaban J connectivity index is 2.37. The highest BCUT2D eigenvalue weighted by Crippen LogP contribution is 2.39. The lowest BCUT2D eigenvalue weighted by atomic mass is 9.80. The molecule has 0 spiro atoms. The van der Waals surface area contributed by atoms with E-state index in [2.05, 4.69) is 0 Å². The van der Waals surface area contributed by atoms with Crippen molar-refractivity contribution in [2.75, 3.05) is 6.54 Å². The summed E-state index contributed by atoms with van der Waals surface area (Å²) in [5, 5.41) is 0.998. The van der Waals surface area contributed by atoms with Crippen LogP contribution in [0.15, 0.2) is 18.2 Å². The number of likely N-dealkylation sites (tertiary alicyclic amines) is 1. The molecule has 2 amide bonds. The van der Waals surface area contributed by atoms with Gasteiger partial charge in [-0.15, -0.1) is 0 Å². The third-order valence-electron chi connectivity index (χ3n) is 3.77. The summed E-state index contributed by atoms with van der Waals surface area (Å²) >= 11 is 12.0. The molecule has 1 fully saturated rings. The second-order valence-corrected chi connectivity index (χ2v) is 5.90. The Morgan fingerprint density at radius 1 is 1.42 bits per heavy atom. The highest BCUT2D eigenvalue weighted by Gasteiger charge is 2.41. The number of amides is 2. The molecule has 104 valence electrons. The average Bonchev–Trinajstić information content (AvgIpc) is 2.31. The van der Waals surface area contributed by atoms with Crippen molar-refractivity contribution in [3.05, 3.63) is 33.8 Å². The molecule has 1 aromatic carbocycles. The number of halogens is 2. The first-order valence-corrected chi connectivity index (χ1v) is 6.90. The van der Waals surface area contributed by atoms with Gasteiger partial charge in [0.2, 0.25) is 0 Å². The normalized spacial score (nSPS) is 27.4. The third kappa shape index (κ3) is 2.66. The van der Waals surface area contributed by atoms with Gasteiger partial charge >= 0.3 is 6.03 Å². The van der Waals surface area contributed by atoms with Gasteiger partial charge in [-0.1, -0.05) is 29.3 Å². The summed E-state index contributed by atoms with van der Waals surface area (Å²) in [6.07, 6.45) is 1.75. The van der Waals surface area contributed by atoms with E-state index in [0.717, 1.165) is 18.4 Å². The van der Waals surface area contributed by atoms with Crippen LogP contribution in [0.25, 0.3) is 0 Å². The number of hydrogen-bond donors (Lipinski definition) is 2. The highest BCUT2D eigenvalue weighted by atomic mass is 35.5. The molecule has 1 aliphatic rings. The van der Waals surface area contributed by atoms with Crippen LogP contribution < -0.4 is 11.5 Å². The van der Waals surface area contributed by atoms with E-state index < -0.39 is 11.7 Å². The average molecular weight is 302 g/mol. The van der Waals surface area contributed by atoms with Gasteiger partial charge in [0.05, 0.1) is 15.7 Å². The van der Waals surface area contributed by atoms with Crippen molar-refractivity contribution in [2.45, 2.75) is 31.3 Å². The van der Waals surface area contributed by atoms with Gasteiger partial charge in [0.15, 0.2) is 0 Å². The Labute approximate surface area is 122 Å². The van der Waals surface area contributed by atoms with E-state index in [9.17, 15) is 4.79 Å². The Morgan fingerprint density at radius 3 is 2.68 bits per heavy atom. The van der Waals surface area contributed by atoms with E-state index in [4.69, 9.17) is 34.7 Å². The van der Waals surface area contributed by atoms with Crippen molar-refractivity contribution in [3.63, 3.8) is 0 Å². The molecule has 0 bridgehead atoms. The lowest BCUT2D eigenvalue weighted by Crippen LogP contribution is -2.63. The number of carbonyl (C=O) groups is 1. The lowest BCUT2D eigenvalue weighted by molar-refractivity contribution is 0.0794. The molecular weight excluding hydrogens is 285 g/mol. The molecule has 1 saturated heterocycles. The van der Waals surface area contributed by atoms with Crippen molar-refractivity contribution in [2.24, 2.45) is 11.5 Å². The molecule has 0 aromatic heterocycles. The third-order valence-corrected chi connectivity index (χ3v) is 4.51. The summed E-state index contributed by atoms with van der Waals surface area (Å²) in [6.45, 7) is 2.41. The number of nitrogens with zero attached hydrogens (tertiary/aromatic N) is 1. The predicted octanol–water partition coefficient (Wildman–Crippen LogP) is 2.93. The number of hydrogen-bond acceptors (Lipinski definition) is 2. The SMILES string of the molecule is CC1(N)C(c2ccc(Cl)c(Cl)c2)CCCN1C(N)=O. The number of carbonyl (C=O) groups excluding carboxylic acids is 1. The fourth-order valence-electron chi connectivity index (χ4n) is 2.76. The van der Waals surface area contributed by atoms with Gasteiger partial charge in [0.1, 0.15) is 0 Å². The molecule has 0 saturated carbocycles. The van der Waals surface area contributed by atoms with Crippen LogP contribution in [0.1, 0.15) is 31.2 Å². The van der Waals surface area contributed by atoms with Crippen LogP contribution in [0, 0.1) is 0 Å². The summed E-state index contributed by atoms with van der Waals surface area (Å²) in [5.74, 6) is -0.0106. The van der Waals surface area contributed by atoms with Gasteiger partial charge in [-0.3, -0.25) is 0 Å². The zero-order valence-corrected chi connectivity index (χ0v) is 12.2. The molecule has 6 heteroatoms. The molecule has 1 aromatic rings. The second kappa shape index (κ2) is 5.19. The van der Waals surface area contributed by atoms with Crippen LogP contribution in [-0.2, 0) is 0 Å². The van der Waals surface area contributed by atoms with Gasteiger partial charge in [0.25, 0.3) is 0 Å². The van der Waals surface area contributed by atoms with Crippen molar-refractivity contribution >= 4 is 29.2 Å². The van der Waals surface area contributed by atoms with Gasteiger partial charge in [-0.2, -0.15) is 0 Å². The minimum absolute atomic E-state index is 0.0106. The summed E-state index contributed by atoms with van der Waals surface area (Å²) in [7, 11) is 0. The van der Waals surface area contributed by atoms with E-state index in [1.807, 2.05) is 19.1 Å². The van der Waals surface area contributed by atoms with Crippen molar-refractivity contribution in [1.82, 2.24) is 4.90 Å². The van der Waals surface area contributed by atoms with Crippen molar-refractivity contribution in [1.29, 1.82) is 0 Å². The number of benzene rings is 1. The molecule has 2 unspecified atom stereocenters. The Bertz CT molecular complexity index is 505. The quantitative estimate of drug-likeness (QED) is 0.837. The van der Waals surface area contributed by atoms with Crippen LogP contribution in [0.3, 0.4) is 0 Å². The van der Waals surface area contributed by atoms with E-state index in [1.165, 1.54) is 4.90 Å². The maximum absolute atomic E-state index is 11.5. The molecular formula is C13H17Cl2N3O. The molecule has 4 nitrogen and oxygen atoms in total. The summed E-state index contributed by atoms with van der Waals surface area (Å²) < 4.78 is 0. The number of nitrogens with two attached hydrogens (primary N) is 2. The first kappa shape index (κ1) is 14.4. The van der Waals surface area contributed by atoms with Crippen LogP contribution in [0.5, 0.6) is 0 Å². The minimum atomic E-state index is -0.818. The van der Waals surface area contributed by atoms with Crippen LogP contribution in [0.2, 0.25) is 10.0 Å². The lowest BCUT2D eigenvalue weighted by Gasteiger charge is -2.47. The zero-order valence-electron chi connectivity index (χ0n) is 10.7. The molecule has 1 aliphatic heterocycles. The topological polar surface area (TPSA) is 72.3 Å². The smallest absolute Gasteiger partial charge is 0.316 e. The summed E-state index contributed by atoms with van der Waals surface area (Å²) in [4.78, 5) is 13.0. The van der Waals surface area contributed by atoms with E-state index >= 15 is 0 Å². The fourth-order valence-corrected chi connectivity index (χ4v) is 3.06. The predicted molar refractivity (Wildman–Crippen MR) is 77.3 cm³/mol. The van der Waals surface area contributed by atoms with E-state index in [1.54, 1.807) is 6.07 Å². The molecule has 1 heterocycles. The Kier molecular flexibility index (Phi) is 3.95. The molecule has 0 radical (unpaired) electrons. The molecule has 0 aliphatic carbocycles. The molecule has 19 heavy (non-hydrogen) atoms. The van der Waals surface area contributed by atoms with Crippen molar-refractivity contribution in [3.8, 4) is 0 Å². The van der Waals surface area contributed by atoms with Gasteiger partial charge < -0.3 is 16.4 Å². The monoisotopic (exact) mass is 301 g/mol. The van der Waals surface area contributed by atoms with Gasteiger partial charge in [-0.25, -0.2) is 4.79 Å². The number of primary amides is 1. The summed E-state index contributed by atoms with van der Waals surface area (Å²) in [6, 6.07) is 4.96. The second-order valence-electron chi connectivity index (χ2n) is 5.08. The molecule has 2 rings (SSSR count). The standard InChI is InChI=1S/C13H17Cl2N3O/c1-13(17)9(3-2-6-18(13)12(16)19)8-4-5-10(14)11(15)7-8/h4-5,7,9H,2-3,6,17H2,1H3,(H2,16,19). The molecule has 4 N–H and O–H groups in total. The van der Waals surface area contributed by atoms with Crippen LogP contribution >= 0.6 is 23.2 Å². The minimum Gasteiger partial charge on any atom is -0.351 e. The van der Waals surface area contributed by atoms with Crippen molar-refractivity contribution < 1.29 is 4.79 Å². The highest BCUT2D eigenvalue weighted by molar-refractivity contribution is 6.42. The maximum Gasteiger partial charge on any atom is 0.316 e. The van der Waals surface area contributed by atoms with Gasteiger partial charge in [-0.05, 0) is 37.5 Å². The zero-order chi connectivity index (χ0) is 14.2. The summed E-state index contributed by atoms with van der Waals surface area (Å²) in [5.41, 5.74) is 11.9. The van der Waals surface area contributed by atoms with Crippen LogP contribution in [-0.4, -0.2) is 23.1 Å². The number of rotatable bonds is 1. The first-order valence-electron chi connectivity index (χ1n) is 6.15. The van der Waals surface area contributed by atoms with Crippen LogP contribution in [0.4, 0.5) is 4.79 Å². The number of urea groups is 1. The van der Waals surface area contributed by atoms with E-state index in [-0.39, 0.29) is 5.92 Å². The van der Waals surface area contributed by atoms with Gasteiger partial charge in [0, 0.05) is 12.5 Å². The Hall–Kier alpha value is -0.970. The number of piperidine rings is 1. The Morgan fingerprint density at radius 2 is 2.11 bits per heavy atom. The largest absolute Gasteiger partial charge is 0.351 e. The fraction of sp³-hybridized carbons (Fsp3) is 0.462.